The first-order chi connectivity index (χ1) is 7.22. The Balaban J connectivity index is 1.98. The van der Waals surface area contributed by atoms with Gasteiger partial charge in [-0.1, -0.05) is 20.8 Å². The van der Waals surface area contributed by atoms with E-state index in [-0.39, 0.29) is 5.54 Å². The molecule has 0 saturated heterocycles. The van der Waals surface area contributed by atoms with Crippen molar-refractivity contribution in [2.24, 2.45) is 29.1 Å². The van der Waals surface area contributed by atoms with E-state index in [1.165, 1.54) is 19.4 Å². The molecule has 0 aromatic carbocycles. The van der Waals surface area contributed by atoms with Crippen molar-refractivity contribution < 1.29 is 0 Å². The van der Waals surface area contributed by atoms with Crippen molar-refractivity contribution in [3.63, 3.8) is 0 Å². The van der Waals surface area contributed by atoms with Crippen LogP contribution >= 0.6 is 0 Å². The molecule has 1 nitrogen and oxygen atoms in total. The fourth-order valence-corrected chi connectivity index (χ4v) is 3.97. The highest BCUT2D eigenvalue weighted by atomic mass is 15.0. The summed E-state index contributed by atoms with van der Waals surface area (Å²) in [5, 5.41) is 3.71. The summed E-state index contributed by atoms with van der Waals surface area (Å²) in [6, 6.07) is 0. The van der Waals surface area contributed by atoms with Gasteiger partial charge in [-0.05, 0) is 69.2 Å². The van der Waals surface area contributed by atoms with E-state index in [1.807, 2.05) is 0 Å². The van der Waals surface area contributed by atoms with Crippen molar-refractivity contribution in [2.75, 3.05) is 6.54 Å². The maximum absolute atomic E-state index is 3.71. The van der Waals surface area contributed by atoms with Crippen LogP contribution in [-0.4, -0.2) is 12.1 Å². The Morgan fingerprint density at radius 2 is 1.81 bits per heavy atom. The maximum atomic E-state index is 3.71. The molecule has 0 aromatic heterocycles. The van der Waals surface area contributed by atoms with Gasteiger partial charge in [-0.25, -0.2) is 0 Å². The average molecular weight is 223 g/mol. The Hall–Kier alpha value is -0.0400. The summed E-state index contributed by atoms with van der Waals surface area (Å²) in [4.78, 5) is 0. The summed E-state index contributed by atoms with van der Waals surface area (Å²) in [7, 11) is 0. The molecule has 0 aliphatic heterocycles. The lowest BCUT2D eigenvalue weighted by Gasteiger charge is -2.62. The minimum absolute atomic E-state index is 0.268. The summed E-state index contributed by atoms with van der Waals surface area (Å²) < 4.78 is 0. The van der Waals surface area contributed by atoms with E-state index in [1.54, 1.807) is 0 Å². The predicted octanol–water partition coefficient (Wildman–Crippen LogP) is 3.69. The van der Waals surface area contributed by atoms with Crippen LogP contribution in [0.15, 0.2) is 0 Å². The Labute approximate surface area is 101 Å². The molecular formula is C15H29N. The first-order valence-corrected chi connectivity index (χ1v) is 6.97. The normalized spacial score (nSPS) is 41.6. The van der Waals surface area contributed by atoms with Gasteiger partial charge < -0.3 is 5.32 Å². The van der Waals surface area contributed by atoms with E-state index in [0.717, 1.165) is 23.7 Å². The maximum Gasteiger partial charge on any atom is 0.00966 e. The molecule has 1 N–H and O–H groups in total. The molecule has 3 saturated carbocycles. The van der Waals surface area contributed by atoms with E-state index in [2.05, 4.69) is 46.9 Å². The zero-order chi connectivity index (χ0) is 12.1. The minimum Gasteiger partial charge on any atom is -0.312 e. The number of hydrogen-bond donors (Lipinski definition) is 1. The molecule has 3 rings (SSSR count). The first-order valence-electron chi connectivity index (χ1n) is 6.97. The SMILES string of the molecule is C[C@@H]1C[C@@H]2C[C@H]([C@H]1CNC(C)(C)C)C2(C)C. The minimum atomic E-state index is 0.268. The monoisotopic (exact) mass is 223 g/mol. The van der Waals surface area contributed by atoms with Crippen molar-refractivity contribution in [2.45, 2.75) is 59.9 Å². The fourth-order valence-electron chi connectivity index (χ4n) is 3.97. The molecule has 0 heterocycles. The van der Waals surface area contributed by atoms with E-state index < -0.39 is 0 Å². The molecule has 16 heavy (non-hydrogen) atoms. The van der Waals surface area contributed by atoms with Gasteiger partial charge in [-0.3, -0.25) is 0 Å². The zero-order valence-corrected chi connectivity index (χ0v) is 11.9. The Morgan fingerprint density at radius 1 is 1.19 bits per heavy atom. The summed E-state index contributed by atoms with van der Waals surface area (Å²) in [6.07, 6.45) is 2.95. The highest BCUT2D eigenvalue weighted by molar-refractivity contribution is 5.05. The molecule has 2 bridgehead atoms. The van der Waals surface area contributed by atoms with Crippen LogP contribution in [0, 0.1) is 29.1 Å². The molecule has 94 valence electrons. The molecule has 3 fully saturated rings. The standard InChI is InChI=1S/C15H29N/c1-10-7-11-8-13(15(11,5)6)12(10)9-16-14(2,3)4/h10-13,16H,7-9H2,1-6H3/t10-,11-,12+,13-/m1/s1. The molecule has 0 aromatic rings. The van der Waals surface area contributed by atoms with Crippen LogP contribution in [0.5, 0.6) is 0 Å². The van der Waals surface area contributed by atoms with E-state index >= 15 is 0 Å². The van der Waals surface area contributed by atoms with Crippen molar-refractivity contribution >= 4 is 0 Å². The van der Waals surface area contributed by atoms with Crippen molar-refractivity contribution in [1.29, 1.82) is 0 Å². The summed E-state index contributed by atoms with van der Waals surface area (Å²) >= 11 is 0. The van der Waals surface area contributed by atoms with Gasteiger partial charge in [-0.2, -0.15) is 0 Å². The lowest BCUT2D eigenvalue weighted by Crippen LogP contribution is -2.58. The van der Waals surface area contributed by atoms with Crippen molar-refractivity contribution in [1.82, 2.24) is 5.32 Å². The van der Waals surface area contributed by atoms with Gasteiger partial charge in [0.15, 0.2) is 0 Å². The number of hydrogen-bond acceptors (Lipinski definition) is 1. The third-order valence-electron chi connectivity index (χ3n) is 5.32. The smallest absolute Gasteiger partial charge is 0.00966 e. The molecule has 4 atom stereocenters. The Morgan fingerprint density at radius 3 is 2.31 bits per heavy atom. The molecular weight excluding hydrogens is 194 g/mol. The zero-order valence-electron chi connectivity index (χ0n) is 11.9. The average Bonchev–Trinajstić information content (AvgIpc) is 2.13. The molecule has 0 unspecified atom stereocenters. The molecule has 0 radical (unpaired) electrons. The molecule has 3 aliphatic rings. The molecule has 1 heteroatoms. The highest BCUT2D eigenvalue weighted by Crippen LogP contribution is 2.62. The topological polar surface area (TPSA) is 12.0 Å². The van der Waals surface area contributed by atoms with Gasteiger partial charge in [0, 0.05) is 5.54 Å². The van der Waals surface area contributed by atoms with Crippen LogP contribution in [0.2, 0.25) is 0 Å². The first kappa shape index (κ1) is 12.4. The second-order valence-electron chi connectivity index (χ2n) is 7.87. The summed E-state index contributed by atoms with van der Waals surface area (Å²) in [5.41, 5.74) is 0.890. The summed E-state index contributed by atoms with van der Waals surface area (Å²) in [5.74, 6) is 3.81. The fraction of sp³-hybridized carbons (Fsp3) is 1.00. The van der Waals surface area contributed by atoms with Gasteiger partial charge in [0.05, 0.1) is 0 Å². The molecule has 0 amide bonds. The number of rotatable bonds is 2. The second-order valence-corrected chi connectivity index (χ2v) is 7.87. The van der Waals surface area contributed by atoms with Crippen LogP contribution in [0.4, 0.5) is 0 Å². The van der Waals surface area contributed by atoms with Crippen LogP contribution in [0.25, 0.3) is 0 Å². The van der Waals surface area contributed by atoms with Crippen LogP contribution in [-0.2, 0) is 0 Å². The molecule has 0 spiro atoms. The number of nitrogens with one attached hydrogen (secondary N) is 1. The predicted molar refractivity (Wildman–Crippen MR) is 70.4 cm³/mol. The van der Waals surface area contributed by atoms with Gasteiger partial charge in [0.2, 0.25) is 0 Å². The van der Waals surface area contributed by atoms with Crippen LogP contribution < -0.4 is 5.32 Å². The van der Waals surface area contributed by atoms with Gasteiger partial charge in [0.1, 0.15) is 0 Å². The number of fused-ring (bicyclic) bond motifs is 2. The lowest BCUT2D eigenvalue weighted by molar-refractivity contribution is -0.130. The third kappa shape index (κ3) is 2.03. The van der Waals surface area contributed by atoms with Gasteiger partial charge in [0.25, 0.3) is 0 Å². The second kappa shape index (κ2) is 3.73. The Bertz CT molecular complexity index is 261. The van der Waals surface area contributed by atoms with Crippen LogP contribution in [0.3, 0.4) is 0 Å². The van der Waals surface area contributed by atoms with Crippen molar-refractivity contribution in [3.8, 4) is 0 Å². The van der Waals surface area contributed by atoms with Crippen LogP contribution in [0.1, 0.15) is 54.4 Å². The Kier molecular flexibility index (Phi) is 2.89. The quantitative estimate of drug-likeness (QED) is 0.753. The van der Waals surface area contributed by atoms with E-state index in [9.17, 15) is 0 Å². The van der Waals surface area contributed by atoms with Gasteiger partial charge >= 0.3 is 0 Å². The lowest BCUT2D eigenvalue weighted by atomic mass is 9.43. The van der Waals surface area contributed by atoms with E-state index in [0.29, 0.717) is 5.41 Å². The highest BCUT2D eigenvalue weighted by Gasteiger charge is 2.56. The summed E-state index contributed by atoms with van der Waals surface area (Å²) in [6.45, 7) is 15.5. The van der Waals surface area contributed by atoms with E-state index in [4.69, 9.17) is 0 Å². The van der Waals surface area contributed by atoms with Crippen molar-refractivity contribution in [3.05, 3.63) is 0 Å². The third-order valence-corrected chi connectivity index (χ3v) is 5.32. The van der Waals surface area contributed by atoms with Gasteiger partial charge in [-0.15, -0.1) is 0 Å². The molecule has 3 aliphatic carbocycles. The largest absolute Gasteiger partial charge is 0.312 e.